The molecule has 1 aliphatic heterocycles. The second-order valence-electron chi connectivity index (χ2n) is 4.87. The maximum absolute atomic E-state index is 11.8. The van der Waals surface area contributed by atoms with Crippen molar-refractivity contribution in [1.29, 1.82) is 0 Å². The van der Waals surface area contributed by atoms with Gasteiger partial charge in [0.15, 0.2) is 0 Å². The molecule has 1 aromatic heterocycles. The highest BCUT2D eigenvalue weighted by Gasteiger charge is 2.20. The number of hydrogen-bond donors (Lipinski definition) is 2. The van der Waals surface area contributed by atoms with Crippen molar-refractivity contribution in [3.05, 3.63) is 12.7 Å². The maximum atomic E-state index is 11.8. The molecule has 2 unspecified atom stereocenters. The predicted molar refractivity (Wildman–Crippen MR) is 67.8 cm³/mol. The standard InChI is InChI=1S/C12H21N5O/c1-10(11-3-2-5-13-7-11)16-12(18)4-6-17-9-14-8-15-17/h8-11,13H,2-7H2,1H3,(H,16,18). The molecular formula is C12H21N5O. The summed E-state index contributed by atoms with van der Waals surface area (Å²) in [6.45, 7) is 4.78. The summed E-state index contributed by atoms with van der Waals surface area (Å²) in [4.78, 5) is 15.6. The number of carbonyl (C=O) groups is 1. The van der Waals surface area contributed by atoms with E-state index in [-0.39, 0.29) is 11.9 Å². The van der Waals surface area contributed by atoms with Gasteiger partial charge in [-0.15, -0.1) is 0 Å². The first kappa shape index (κ1) is 13.0. The summed E-state index contributed by atoms with van der Waals surface area (Å²) < 4.78 is 1.67. The first-order chi connectivity index (χ1) is 8.75. The molecular weight excluding hydrogens is 230 g/mol. The summed E-state index contributed by atoms with van der Waals surface area (Å²) in [6.07, 6.45) is 5.95. The van der Waals surface area contributed by atoms with Gasteiger partial charge < -0.3 is 10.6 Å². The predicted octanol–water partition coefficient (Wildman–Crippen LogP) is 0.172. The van der Waals surface area contributed by atoms with Crippen LogP contribution in [0.3, 0.4) is 0 Å². The molecule has 0 bridgehead atoms. The lowest BCUT2D eigenvalue weighted by molar-refractivity contribution is -0.122. The number of piperidine rings is 1. The fraction of sp³-hybridized carbons (Fsp3) is 0.750. The molecule has 0 aliphatic carbocycles. The Morgan fingerprint density at radius 3 is 3.22 bits per heavy atom. The van der Waals surface area contributed by atoms with Crippen LogP contribution in [0.5, 0.6) is 0 Å². The van der Waals surface area contributed by atoms with Crippen molar-refractivity contribution in [3.8, 4) is 0 Å². The average molecular weight is 251 g/mol. The Hall–Kier alpha value is -1.43. The largest absolute Gasteiger partial charge is 0.353 e. The van der Waals surface area contributed by atoms with Gasteiger partial charge in [-0.2, -0.15) is 5.10 Å². The molecule has 100 valence electrons. The Morgan fingerprint density at radius 1 is 1.67 bits per heavy atom. The Balaban J connectivity index is 1.69. The minimum Gasteiger partial charge on any atom is -0.353 e. The van der Waals surface area contributed by atoms with Crippen LogP contribution in [0.15, 0.2) is 12.7 Å². The molecule has 1 amide bonds. The monoisotopic (exact) mass is 251 g/mol. The lowest BCUT2D eigenvalue weighted by Crippen LogP contribution is -2.44. The van der Waals surface area contributed by atoms with E-state index in [0.717, 1.165) is 13.1 Å². The number of aryl methyl sites for hydroxylation is 1. The summed E-state index contributed by atoms with van der Waals surface area (Å²) in [5, 5.41) is 10.4. The first-order valence-electron chi connectivity index (χ1n) is 6.58. The number of aromatic nitrogens is 3. The Bertz CT molecular complexity index is 359. The quantitative estimate of drug-likeness (QED) is 0.782. The molecule has 2 N–H and O–H groups in total. The Kier molecular flexibility index (Phi) is 4.69. The molecule has 1 saturated heterocycles. The fourth-order valence-electron chi connectivity index (χ4n) is 2.31. The number of hydrogen-bond acceptors (Lipinski definition) is 4. The molecule has 0 spiro atoms. The Morgan fingerprint density at radius 2 is 2.56 bits per heavy atom. The van der Waals surface area contributed by atoms with E-state index in [0.29, 0.717) is 18.9 Å². The molecule has 0 saturated carbocycles. The lowest BCUT2D eigenvalue weighted by atomic mass is 9.93. The van der Waals surface area contributed by atoms with Gasteiger partial charge in [0, 0.05) is 12.5 Å². The smallest absolute Gasteiger partial charge is 0.222 e. The van der Waals surface area contributed by atoms with E-state index in [1.807, 2.05) is 0 Å². The minimum absolute atomic E-state index is 0.0866. The molecule has 0 radical (unpaired) electrons. The average Bonchev–Trinajstić information content (AvgIpc) is 2.90. The van der Waals surface area contributed by atoms with Crippen molar-refractivity contribution in [3.63, 3.8) is 0 Å². The van der Waals surface area contributed by atoms with Gasteiger partial charge in [0.05, 0.1) is 6.54 Å². The van der Waals surface area contributed by atoms with Gasteiger partial charge in [-0.05, 0) is 38.8 Å². The van der Waals surface area contributed by atoms with Gasteiger partial charge in [0.1, 0.15) is 12.7 Å². The lowest BCUT2D eigenvalue weighted by Gasteiger charge is -2.28. The summed E-state index contributed by atoms with van der Waals surface area (Å²) in [5.41, 5.74) is 0. The number of carbonyl (C=O) groups excluding carboxylic acids is 1. The van der Waals surface area contributed by atoms with Gasteiger partial charge in [-0.25, -0.2) is 4.98 Å². The van der Waals surface area contributed by atoms with E-state index in [1.165, 1.54) is 19.2 Å². The third-order valence-electron chi connectivity index (χ3n) is 3.47. The van der Waals surface area contributed by atoms with Crippen molar-refractivity contribution >= 4 is 5.91 Å². The highest BCUT2D eigenvalue weighted by atomic mass is 16.1. The molecule has 6 nitrogen and oxygen atoms in total. The van der Waals surface area contributed by atoms with Crippen LogP contribution in [0, 0.1) is 5.92 Å². The molecule has 2 rings (SSSR count). The number of rotatable bonds is 5. The van der Waals surface area contributed by atoms with E-state index in [2.05, 4.69) is 27.6 Å². The summed E-state index contributed by atoms with van der Waals surface area (Å²) >= 11 is 0. The Labute approximate surface area is 107 Å². The zero-order chi connectivity index (χ0) is 12.8. The van der Waals surface area contributed by atoms with Gasteiger partial charge in [0.2, 0.25) is 5.91 Å². The van der Waals surface area contributed by atoms with Crippen LogP contribution in [0.2, 0.25) is 0 Å². The maximum Gasteiger partial charge on any atom is 0.222 e. The van der Waals surface area contributed by atoms with Crippen LogP contribution in [-0.4, -0.2) is 39.8 Å². The van der Waals surface area contributed by atoms with Gasteiger partial charge in [0.25, 0.3) is 0 Å². The van der Waals surface area contributed by atoms with E-state index < -0.39 is 0 Å². The highest BCUT2D eigenvalue weighted by molar-refractivity contribution is 5.76. The molecule has 18 heavy (non-hydrogen) atoms. The van der Waals surface area contributed by atoms with Crippen molar-refractivity contribution in [2.24, 2.45) is 5.92 Å². The van der Waals surface area contributed by atoms with Gasteiger partial charge in [-0.3, -0.25) is 9.48 Å². The second-order valence-corrected chi connectivity index (χ2v) is 4.87. The zero-order valence-corrected chi connectivity index (χ0v) is 10.8. The van der Waals surface area contributed by atoms with Crippen LogP contribution in [-0.2, 0) is 11.3 Å². The number of amides is 1. The van der Waals surface area contributed by atoms with E-state index in [9.17, 15) is 4.79 Å². The van der Waals surface area contributed by atoms with Gasteiger partial charge in [-0.1, -0.05) is 0 Å². The van der Waals surface area contributed by atoms with E-state index >= 15 is 0 Å². The zero-order valence-electron chi connectivity index (χ0n) is 10.8. The van der Waals surface area contributed by atoms with Crippen LogP contribution in [0.4, 0.5) is 0 Å². The van der Waals surface area contributed by atoms with Crippen LogP contribution < -0.4 is 10.6 Å². The topological polar surface area (TPSA) is 71.8 Å². The molecule has 6 heteroatoms. The van der Waals surface area contributed by atoms with Crippen molar-refractivity contribution in [1.82, 2.24) is 25.4 Å². The highest BCUT2D eigenvalue weighted by Crippen LogP contribution is 2.14. The number of nitrogens with one attached hydrogen (secondary N) is 2. The summed E-state index contributed by atoms with van der Waals surface area (Å²) in [5.74, 6) is 0.637. The summed E-state index contributed by atoms with van der Waals surface area (Å²) in [7, 11) is 0. The van der Waals surface area contributed by atoms with Crippen molar-refractivity contribution < 1.29 is 4.79 Å². The van der Waals surface area contributed by atoms with Crippen LogP contribution >= 0.6 is 0 Å². The minimum atomic E-state index is 0.0866. The normalized spacial score (nSPS) is 21.5. The molecule has 1 aromatic rings. The third-order valence-corrected chi connectivity index (χ3v) is 3.47. The van der Waals surface area contributed by atoms with E-state index in [1.54, 1.807) is 11.0 Å². The van der Waals surface area contributed by atoms with Crippen molar-refractivity contribution in [2.75, 3.05) is 13.1 Å². The third kappa shape index (κ3) is 3.80. The SMILES string of the molecule is CC(NC(=O)CCn1cncn1)C1CCCNC1. The van der Waals surface area contributed by atoms with Crippen molar-refractivity contribution in [2.45, 2.75) is 38.8 Å². The first-order valence-corrected chi connectivity index (χ1v) is 6.58. The second kappa shape index (κ2) is 6.49. The summed E-state index contributed by atoms with van der Waals surface area (Å²) in [6, 6.07) is 0.237. The molecule has 1 aliphatic rings. The van der Waals surface area contributed by atoms with E-state index in [4.69, 9.17) is 0 Å². The van der Waals surface area contributed by atoms with Crippen LogP contribution in [0.1, 0.15) is 26.2 Å². The molecule has 2 heterocycles. The molecule has 0 aromatic carbocycles. The molecule has 1 fully saturated rings. The van der Waals surface area contributed by atoms with Crippen LogP contribution in [0.25, 0.3) is 0 Å². The fourth-order valence-corrected chi connectivity index (χ4v) is 2.31. The van der Waals surface area contributed by atoms with Gasteiger partial charge >= 0.3 is 0 Å². The molecule has 2 atom stereocenters. The number of nitrogens with zero attached hydrogens (tertiary/aromatic N) is 3.